The van der Waals surface area contributed by atoms with E-state index in [0.717, 1.165) is 6.42 Å². The first-order chi connectivity index (χ1) is 10.1. The molecular weight excluding hydrogens is 292 g/mol. The van der Waals surface area contributed by atoms with Gasteiger partial charge >= 0.3 is 0 Å². The highest BCUT2D eigenvalue weighted by Gasteiger charge is 2.27. The highest BCUT2D eigenvalue weighted by molar-refractivity contribution is 6.30. The summed E-state index contributed by atoms with van der Waals surface area (Å²) in [4.78, 5) is 25.1. The van der Waals surface area contributed by atoms with E-state index in [4.69, 9.17) is 16.3 Å². The largest absolute Gasteiger partial charge is 0.484 e. The van der Waals surface area contributed by atoms with Crippen LogP contribution in [0.2, 0.25) is 5.02 Å². The van der Waals surface area contributed by atoms with E-state index >= 15 is 0 Å². The number of amides is 2. The number of likely N-dealkylation sites (tertiary alicyclic amines) is 1. The minimum atomic E-state index is -0.0515. The van der Waals surface area contributed by atoms with Crippen LogP contribution in [0.4, 0.5) is 0 Å². The first kappa shape index (κ1) is 15.6. The van der Waals surface area contributed by atoms with Gasteiger partial charge in [-0.1, -0.05) is 11.6 Å². The molecule has 0 radical (unpaired) electrons. The molecule has 1 atom stereocenters. The van der Waals surface area contributed by atoms with Crippen LogP contribution in [0.5, 0.6) is 5.75 Å². The molecule has 21 heavy (non-hydrogen) atoms. The maximum absolute atomic E-state index is 12.1. The quantitative estimate of drug-likeness (QED) is 0.900. The number of hydrogen-bond donors (Lipinski definition) is 1. The van der Waals surface area contributed by atoms with Crippen LogP contribution in [0.1, 0.15) is 12.8 Å². The Kier molecular flexibility index (Phi) is 5.44. The van der Waals surface area contributed by atoms with Gasteiger partial charge in [-0.05, 0) is 36.6 Å². The predicted molar refractivity (Wildman–Crippen MR) is 80.3 cm³/mol. The first-order valence-corrected chi connectivity index (χ1v) is 7.33. The molecule has 5 nitrogen and oxygen atoms in total. The molecular formula is C15H19ClN2O3. The van der Waals surface area contributed by atoms with Crippen LogP contribution >= 0.6 is 11.6 Å². The number of halogens is 1. The fourth-order valence-electron chi connectivity index (χ4n) is 2.36. The van der Waals surface area contributed by atoms with Gasteiger partial charge < -0.3 is 15.0 Å². The first-order valence-electron chi connectivity index (χ1n) is 6.95. The summed E-state index contributed by atoms with van der Waals surface area (Å²) in [6.07, 6.45) is 1.33. The number of hydrogen-bond acceptors (Lipinski definition) is 3. The lowest BCUT2D eigenvalue weighted by Gasteiger charge is -2.16. The molecule has 1 unspecified atom stereocenters. The Balaban J connectivity index is 1.76. The van der Waals surface area contributed by atoms with E-state index in [9.17, 15) is 9.59 Å². The van der Waals surface area contributed by atoms with Gasteiger partial charge in [-0.2, -0.15) is 0 Å². The lowest BCUT2D eigenvalue weighted by Crippen LogP contribution is -2.33. The molecule has 1 aromatic rings. The highest BCUT2D eigenvalue weighted by atomic mass is 35.5. The third-order valence-electron chi connectivity index (χ3n) is 3.57. The Labute approximate surface area is 129 Å². The van der Waals surface area contributed by atoms with Crippen molar-refractivity contribution in [1.82, 2.24) is 10.2 Å². The van der Waals surface area contributed by atoms with E-state index in [2.05, 4.69) is 5.32 Å². The average molecular weight is 311 g/mol. The zero-order chi connectivity index (χ0) is 15.2. The number of carbonyl (C=O) groups excluding carboxylic acids is 2. The number of nitrogens with one attached hydrogen (secondary N) is 1. The van der Waals surface area contributed by atoms with Crippen molar-refractivity contribution in [2.75, 3.05) is 26.7 Å². The molecule has 1 aliphatic heterocycles. The van der Waals surface area contributed by atoms with Crippen LogP contribution < -0.4 is 10.1 Å². The standard InChI is InChI=1S/C15H19ClN2O3/c1-17-14(19)8-11-6-7-18(9-11)15(20)10-21-13-4-2-12(16)3-5-13/h2-5,11H,6-10H2,1H3,(H,17,19). The fourth-order valence-corrected chi connectivity index (χ4v) is 2.48. The van der Waals surface area contributed by atoms with Crippen molar-refractivity contribution in [3.05, 3.63) is 29.3 Å². The summed E-state index contributed by atoms with van der Waals surface area (Å²) >= 11 is 5.78. The minimum absolute atomic E-state index is 0.00826. The maximum atomic E-state index is 12.1. The van der Waals surface area contributed by atoms with Crippen LogP contribution in [-0.2, 0) is 9.59 Å². The monoisotopic (exact) mass is 310 g/mol. The van der Waals surface area contributed by atoms with Gasteiger partial charge in [-0.15, -0.1) is 0 Å². The summed E-state index contributed by atoms with van der Waals surface area (Å²) in [5.74, 6) is 0.828. The summed E-state index contributed by atoms with van der Waals surface area (Å²) in [6.45, 7) is 1.31. The van der Waals surface area contributed by atoms with E-state index in [1.54, 1.807) is 36.2 Å². The van der Waals surface area contributed by atoms with Crippen molar-refractivity contribution in [3.8, 4) is 5.75 Å². The third kappa shape index (κ3) is 4.63. The lowest BCUT2D eigenvalue weighted by atomic mass is 10.1. The van der Waals surface area contributed by atoms with Gasteiger partial charge in [0.2, 0.25) is 5.91 Å². The molecule has 0 saturated carbocycles. The molecule has 1 aromatic carbocycles. The van der Waals surface area contributed by atoms with Crippen LogP contribution in [0, 0.1) is 5.92 Å². The molecule has 0 spiro atoms. The molecule has 1 fully saturated rings. The number of carbonyl (C=O) groups is 2. The number of benzene rings is 1. The Hall–Kier alpha value is -1.75. The van der Waals surface area contributed by atoms with Crippen molar-refractivity contribution in [3.63, 3.8) is 0 Å². The molecule has 114 valence electrons. The molecule has 2 rings (SSSR count). The van der Waals surface area contributed by atoms with Gasteiger partial charge in [0, 0.05) is 31.6 Å². The van der Waals surface area contributed by atoms with E-state index in [-0.39, 0.29) is 24.3 Å². The van der Waals surface area contributed by atoms with Crippen molar-refractivity contribution in [1.29, 1.82) is 0 Å². The molecule has 1 heterocycles. The average Bonchev–Trinajstić information content (AvgIpc) is 2.94. The second kappa shape index (κ2) is 7.31. The molecule has 1 saturated heterocycles. The normalized spacial score (nSPS) is 17.6. The Bertz CT molecular complexity index is 504. The molecule has 0 aliphatic carbocycles. The van der Waals surface area contributed by atoms with Gasteiger partial charge in [0.05, 0.1) is 0 Å². The van der Waals surface area contributed by atoms with Gasteiger partial charge in [0.25, 0.3) is 5.91 Å². The Morgan fingerprint density at radius 1 is 1.38 bits per heavy atom. The zero-order valence-electron chi connectivity index (χ0n) is 12.0. The predicted octanol–water partition coefficient (Wildman–Crippen LogP) is 1.70. The van der Waals surface area contributed by atoms with Crippen LogP contribution in [-0.4, -0.2) is 43.5 Å². The van der Waals surface area contributed by atoms with Gasteiger partial charge in [-0.3, -0.25) is 9.59 Å². The summed E-state index contributed by atoms with van der Waals surface area (Å²) in [7, 11) is 1.63. The maximum Gasteiger partial charge on any atom is 0.260 e. The smallest absolute Gasteiger partial charge is 0.260 e. The van der Waals surface area contributed by atoms with Crippen LogP contribution in [0.15, 0.2) is 24.3 Å². The highest BCUT2D eigenvalue weighted by Crippen LogP contribution is 2.20. The zero-order valence-corrected chi connectivity index (χ0v) is 12.7. The summed E-state index contributed by atoms with van der Waals surface area (Å²) < 4.78 is 5.44. The summed E-state index contributed by atoms with van der Waals surface area (Å²) in [5.41, 5.74) is 0. The molecule has 1 N–H and O–H groups in total. The Morgan fingerprint density at radius 2 is 2.10 bits per heavy atom. The minimum Gasteiger partial charge on any atom is -0.484 e. The van der Waals surface area contributed by atoms with Gasteiger partial charge in [0.15, 0.2) is 6.61 Å². The molecule has 2 amide bonds. The van der Waals surface area contributed by atoms with E-state index < -0.39 is 0 Å². The number of rotatable bonds is 5. The van der Waals surface area contributed by atoms with Crippen molar-refractivity contribution in [2.45, 2.75) is 12.8 Å². The van der Waals surface area contributed by atoms with Crippen molar-refractivity contribution >= 4 is 23.4 Å². The van der Waals surface area contributed by atoms with Crippen LogP contribution in [0.3, 0.4) is 0 Å². The SMILES string of the molecule is CNC(=O)CC1CCN(C(=O)COc2ccc(Cl)cc2)C1. The van der Waals surface area contributed by atoms with Crippen LogP contribution in [0.25, 0.3) is 0 Å². The number of nitrogens with zero attached hydrogens (tertiary/aromatic N) is 1. The topological polar surface area (TPSA) is 58.6 Å². The fraction of sp³-hybridized carbons (Fsp3) is 0.467. The van der Waals surface area contributed by atoms with E-state index in [1.165, 1.54) is 0 Å². The molecule has 0 bridgehead atoms. The summed E-state index contributed by atoms with van der Waals surface area (Å²) in [5, 5.41) is 3.24. The Morgan fingerprint density at radius 3 is 2.76 bits per heavy atom. The van der Waals surface area contributed by atoms with Crippen molar-refractivity contribution < 1.29 is 14.3 Å². The molecule has 1 aliphatic rings. The molecule has 0 aromatic heterocycles. The summed E-state index contributed by atoms with van der Waals surface area (Å²) in [6, 6.07) is 6.90. The van der Waals surface area contributed by atoms with Crippen molar-refractivity contribution in [2.24, 2.45) is 5.92 Å². The van der Waals surface area contributed by atoms with E-state index in [0.29, 0.717) is 30.3 Å². The van der Waals surface area contributed by atoms with Gasteiger partial charge in [0.1, 0.15) is 5.75 Å². The van der Waals surface area contributed by atoms with E-state index in [1.807, 2.05) is 0 Å². The molecule has 6 heteroatoms. The second-order valence-electron chi connectivity index (χ2n) is 5.11. The van der Waals surface area contributed by atoms with Gasteiger partial charge in [-0.25, -0.2) is 0 Å². The number of ether oxygens (including phenoxy) is 1. The third-order valence-corrected chi connectivity index (χ3v) is 3.82. The lowest BCUT2D eigenvalue weighted by molar-refractivity contribution is -0.132. The second-order valence-corrected chi connectivity index (χ2v) is 5.55.